The van der Waals surface area contributed by atoms with E-state index in [4.69, 9.17) is 26.2 Å². The zero-order valence-electron chi connectivity index (χ0n) is 16.9. The summed E-state index contributed by atoms with van der Waals surface area (Å²) in [5, 5.41) is 9.44. The van der Waals surface area contributed by atoms with Crippen molar-refractivity contribution in [3.63, 3.8) is 0 Å². The van der Waals surface area contributed by atoms with Crippen molar-refractivity contribution in [3.8, 4) is 5.75 Å². The van der Waals surface area contributed by atoms with E-state index in [9.17, 15) is 18.0 Å². The van der Waals surface area contributed by atoms with Crippen molar-refractivity contribution in [2.75, 3.05) is 19.8 Å². The summed E-state index contributed by atoms with van der Waals surface area (Å²) in [6, 6.07) is 9.34. The second-order valence-corrected chi connectivity index (χ2v) is 7.75. The van der Waals surface area contributed by atoms with Gasteiger partial charge in [-0.15, -0.1) is 0 Å². The zero-order valence-corrected chi connectivity index (χ0v) is 17.6. The van der Waals surface area contributed by atoms with Gasteiger partial charge in [0, 0.05) is 11.4 Å². The van der Waals surface area contributed by atoms with Crippen LogP contribution in [0, 0.1) is 6.92 Å². The van der Waals surface area contributed by atoms with Crippen LogP contribution in [0.15, 0.2) is 42.0 Å². The van der Waals surface area contributed by atoms with E-state index in [1.807, 2.05) is 25.1 Å². The summed E-state index contributed by atoms with van der Waals surface area (Å²) in [4.78, 5) is 10.7. The Morgan fingerprint density at radius 2 is 2.00 bits per heavy atom. The summed E-state index contributed by atoms with van der Waals surface area (Å²) in [7, 11) is 0. The first kappa shape index (κ1) is 23.2. The molecule has 0 amide bonds. The topological polar surface area (TPSA) is 55.8 Å². The van der Waals surface area contributed by atoms with E-state index < -0.39 is 17.7 Å². The molecule has 0 radical (unpaired) electrons. The van der Waals surface area contributed by atoms with E-state index in [0.717, 1.165) is 28.3 Å². The summed E-state index contributed by atoms with van der Waals surface area (Å²) >= 11 is 6.11. The predicted octanol–water partition coefficient (Wildman–Crippen LogP) is 5.94. The summed E-state index contributed by atoms with van der Waals surface area (Å²) < 4.78 is 51.6. The number of hydrogen-bond donors (Lipinski definition) is 1. The van der Waals surface area contributed by atoms with Crippen LogP contribution in [0.3, 0.4) is 0 Å². The number of alkyl halides is 3. The molecule has 3 rings (SSSR count). The smallest absolute Gasteiger partial charge is 0.416 e. The van der Waals surface area contributed by atoms with Crippen LogP contribution >= 0.6 is 11.6 Å². The molecule has 0 saturated heterocycles. The molecular weight excluding hydrogens is 433 g/mol. The van der Waals surface area contributed by atoms with Crippen LogP contribution in [0.25, 0.3) is 5.57 Å². The van der Waals surface area contributed by atoms with Crippen LogP contribution in [0.1, 0.15) is 35.1 Å². The number of rotatable bonds is 7. The third-order valence-corrected chi connectivity index (χ3v) is 5.54. The second kappa shape index (κ2) is 9.75. The molecule has 2 aromatic carbocycles. The second-order valence-electron chi connectivity index (χ2n) is 7.35. The fraction of sp³-hybridized carbons (Fsp3) is 0.348. The molecule has 1 aliphatic rings. The minimum atomic E-state index is -4.60. The Hall–Kier alpha value is -2.51. The van der Waals surface area contributed by atoms with Gasteiger partial charge in [-0.3, -0.25) is 4.79 Å². The van der Waals surface area contributed by atoms with Gasteiger partial charge in [-0.1, -0.05) is 29.8 Å². The van der Waals surface area contributed by atoms with Crippen LogP contribution in [0.5, 0.6) is 5.75 Å². The van der Waals surface area contributed by atoms with Crippen molar-refractivity contribution < 1.29 is 32.5 Å². The van der Waals surface area contributed by atoms with Gasteiger partial charge in [0.1, 0.15) is 12.4 Å². The molecule has 1 heterocycles. The number of benzene rings is 2. The Balaban J connectivity index is 1.83. The lowest BCUT2D eigenvalue weighted by Crippen LogP contribution is -2.17. The Morgan fingerprint density at radius 3 is 2.68 bits per heavy atom. The summed E-state index contributed by atoms with van der Waals surface area (Å²) in [5.74, 6) is -1.08. The number of hydrogen-bond acceptors (Lipinski definition) is 3. The molecule has 1 N–H and O–H groups in total. The molecule has 0 aromatic heterocycles. The lowest BCUT2D eigenvalue weighted by Gasteiger charge is -2.22. The van der Waals surface area contributed by atoms with Gasteiger partial charge in [-0.05, 0) is 65.8 Å². The maximum absolute atomic E-state index is 13.5. The van der Waals surface area contributed by atoms with Crippen LogP contribution in [0.2, 0.25) is 5.02 Å². The van der Waals surface area contributed by atoms with E-state index in [1.165, 1.54) is 12.1 Å². The molecule has 0 aliphatic carbocycles. The first-order valence-electron chi connectivity index (χ1n) is 9.75. The quantitative estimate of drug-likeness (QED) is 0.562. The normalized spacial score (nSPS) is 14.6. The number of carboxylic acid groups (broad SMARTS) is 1. The van der Waals surface area contributed by atoms with Gasteiger partial charge < -0.3 is 14.6 Å². The minimum Gasteiger partial charge on any atom is -0.489 e. The first-order chi connectivity index (χ1) is 14.6. The van der Waals surface area contributed by atoms with Gasteiger partial charge in [-0.2, -0.15) is 13.2 Å². The van der Waals surface area contributed by atoms with Gasteiger partial charge in [0.15, 0.2) is 0 Å². The highest BCUT2D eigenvalue weighted by atomic mass is 35.5. The maximum Gasteiger partial charge on any atom is 0.416 e. The molecule has 0 fully saturated rings. The number of aliphatic carboxylic acids is 1. The molecule has 0 saturated carbocycles. The van der Waals surface area contributed by atoms with Gasteiger partial charge in [0.2, 0.25) is 0 Å². The third kappa shape index (κ3) is 6.02. The fourth-order valence-electron chi connectivity index (χ4n) is 3.48. The van der Waals surface area contributed by atoms with Gasteiger partial charge >= 0.3 is 12.1 Å². The van der Waals surface area contributed by atoms with E-state index in [1.54, 1.807) is 0 Å². The summed E-state index contributed by atoms with van der Waals surface area (Å²) in [6.45, 7) is 2.88. The Labute approximate surface area is 183 Å². The van der Waals surface area contributed by atoms with E-state index in [2.05, 4.69) is 0 Å². The molecule has 0 atom stereocenters. The first-order valence-corrected chi connectivity index (χ1v) is 10.1. The molecule has 0 unspecified atom stereocenters. The molecule has 0 spiro atoms. The molecule has 0 bridgehead atoms. The van der Waals surface area contributed by atoms with Crippen LogP contribution in [-0.4, -0.2) is 30.9 Å². The largest absolute Gasteiger partial charge is 0.489 e. The van der Waals surface area contributed by atoms with Crippen molar-refractivity contribution in [1.29, 1.82) is 0 Å². The fourth-order valence-corrected chi connectivity index (χ4v) is 3.60. The van der Waals surface area contributed by atoms with Gasteiger partial charge in [0.25, 0.3) is 0 Å². The van der Waals surface area contributed by atoms with Crippen molar-refractivity contribution in [1.82, 2.24) is 0 Å². The lowest BCUT2D eigenvalue weighted by atomic mass is 9.95. The highest BCUT2D eigenvalue weighted by Gasteiger charge is 2.34. The van der Waals surface area contributed by atoms with Gasteiger partial charge in [-0.25, -0.2) is 0 Å². The average molecular weight is 455 g/mol. The van der Waals surface area contributed by atoms with E-state index in [-0.39, 0.29) is 30.8 Å². The number of aryl methyl sites for hydroxylation is 2. The Kier molecular flexibility index (Phi) is 7.28. The molecule has 166 valence electrons. The minimum absolute atomic E-state index is 0.0658. The predicted molar refractivity (Wildman–Crippen MR) is 111 cm³/mol. The summed E-state index contributed by atoms with van der Waals surface area (Å²) in [6.07, 6.45) is -4.52. The molecular formula is C23H22ClF3O4. The monoisotopic (exact) mass is 454 g/mol. The SMILES string of the molecule is Cc1cc(C2=C(COc3ccc(CCC(=O)O)c(C(F)(F)F)c3)COCC2)ccc1Cl. The molecule has 1 aliphatic heterocycles. The van der Waals surface area contributed by atoms with Crippen LogP contribution in [-0.2, 0) is 22.1 Å². The molecule has 2 aromatic rings. The van der Waals surface area contributed by atoms with Crippen molar-refractivity contribution >= 4 is 23.1 Å². The maximum atomic E-state index is 13.5. The van der Waals surface area contributed by atoms with Crippen molar-refractivity contribution in [3.05, 3.63) is 69.2 Å². The number of carboxylic acids is 1. The summed E-state index contributed by atoms with van der Waals surface area (Å²) in [5.41, 5.74) is 2.87. The number of halogens is 4. The number of ether oxygens (including phenoxy) is 2. The zero-order chi connectivity index (χ0) is 22.6. The van der Waals surface area contributed by atoms with Crippen LogP contribution in [0.4, 0.5) is 13.2 Å². The van der Waals surface area contributed by atoms with E-state index >= 15 is 0 Å². The highest BCUT2D eigenvalue weighted by Crippen LogP contribution is 2.35. The van der Waals surface area contributed by atoms with Gasteiger partial charge in [0.05, 0.1) is 18.8 Å². The molecule has 4 nitrogen and oxygen atoms in total. The number of carbonyl (C=O) groups is 1. The Morgan fingerprint density at radius 1 is 1.23 bits per heavy atom. The average Bonchev–Trinajstić information content (AvgIpc) is 2.72. The van der Waals surface area contributed by atoms with E-state index in [0.29, 0.717) is 24.7 Å². The lowest BCUT2D eigenvalue weighted by molar-refractivity contribution is -0.140. The highest BCUT2D eigenvalue weighted by molar-refractivity contribution is 6.31. The molecule has 8 heteroatoms. The van der Waals surface area contributed by atoms with Crippen LogP contribution < -0.4 is 4.74 Å². The standard InChI is InChI=1S/C23H22ClF3O4/c1-14-10-16(3-6-21(14)24)19-8-9-30-12-17(19)13-31-18-5-2-15(4-7-22(28)29)20(11-18)23(25,26)27/h2-3,5-6,10-11H,4,7-9,12-13H2,1H3,(H,28,29). The van der Waals surface area contributed by atoms with Crippen molar-refractivity contribution in [2.45, 2.75) is 32.4 Å². The third-order valence-electron chi connectivity index (χ3n) is 5.11. The molecule has 31 heavy (non-hydrogen) atoms. The van der Waals surface area contributed by atoms with Crippen molar-refractivity contribution in [2.24, 2.45) is 0 Å². The Bertz CT molecular complexity index is 999.